The minimum Gasteiger partial charge on any atom is -0.439 e. The van der Waals surface area contributed by atoms with Crippen LogP contribution in [0.25, 0.3) is 0 Å². The number of nitrogens with one attached hydrogen (secondary N) is 1. The van der Waals surface area contributed by atoms with Gasteiger partial charge in [0.2, 0.25) is 0 Å². The van der Waals surface area contributed by atoms with Crippen LogP contribution in [0, 0.1) is 20.8 Å². The predicted octanol–water partition coefficient (Wildman–Crippen LogP) is 3.36. The third-order valence-corrected chi connectivity index (χ3v) is 3.49. The minimum atomic E-state index is 0.611. The van der Waals surface area contributed by atoms with Crippen LogP contribution in [-0.4, -0.2) is 21.5 Å². The van der Waals surface area contributed by atoms with E-state index in [9.17, 15) is 0 Å². The van der Waals surface area contributed by atoms with Crippen molar-refractivity contribution in [1.82, 2.24) is 15.0 Å². The molecule has 0 radical (unpaired) electrons. The lowest BCUT2D eigenvalue weighted by Crippen LogP contribution is -2.07. The molecular weight excluding hydrogens is 260 g/mol. The van der Waals surface area contributed by atoms with Crippen LogP contribution < -0.4 is 5.32 Å². The zero-order valence-electron chi connectivity index (χ0n) is 11.6. The van der Waals surface area contributed by atoms with Gasteiger partial charge in [0.25, 0.3) is 5.22 Å². The summed E-state index contributed by atoms with van der Waals surface area (Å²) < 4.78 is 5.36. The summed E-state index contributed by atoms with van der Waals surface area (Å²) in [5.74, 6) is 1.63. The Morgan fingerprint density at radius 3 is 2.63 bits per heavy atom. The van der Waals surface area contributed by atoms with E-state index in [1.165, 1.54) is 11.8 Å². The second-order valence-electron chi connectivity index (χ2n) is 4.33. The first-order chi connectivity index (χ1) is 9.10. The molecule has 0 aliphatic heterocycles. The zero-order valence-corrected chi connectivity index (χ0v) is 12.5. The van der Waals surface area contributed by atoms with Crippen molar-refractivity contribution in [3.8, 4) is 0 Å². The maximum atomic E-state index is 5.36. The molecule has 0 saturated heterocycles. The lowest BCUT2D eigenvalue weighted by Gasteiger charge is -2.11. The highest BCUT2D eigenvalue weighted by atomic mass is 32.2. The van der Waals surface area contributed by atoms with Crippen LogP contribution in [0.2, 0.25) is 0 Å². The Morgan fingerprint density at radius 1 is 1.21 bits per heavy atom. The molecule has 19 heavy (non-hydrogen) atoms. The fourth-order valence-corrected chi connectivity index (χ4v) is 2.46. The van der Waals surface area contributed by atoms with Gasteiger partial charge < -0.3 is 9.73 Å². The summed E-state index contributed by atoms with van der Waals surface area (Å²) in [6.07, 6.45) is 2.70. The third-order valence-electron chi connectivity index (χ3n) is 2.54. The summed E-state index contributed by atoms with van der Waals surface area (Å²) in [6.45, 7) is 8.83. The molecule has 0 bridgehead atoms. The van der Waals surface area contributed by atoms with Crippen molar-refractivity contribution in [1.29, 1.82) is 0 Å². The van der Waals surface area contributed by atoms with E-state index in [-0.39, 0.29) is 0 Å². The molecule has 0 aromatic carbocycles. The number of hydrogen-bond donors (Lipinski definition) is 1. The van der Waals surface area contributed by atoms with Crippen LogP contribution in [0.4, 0.5) is 5.82 Å². The fourth-order valence-electron chi connectivity index (χ4n) is 1.58. The lowest BCUT2D eigenvalue weighted by atomic mass is 10.3. The number of rotatable bonds is 5. The zero-order chi connectivity index (χ0) is 13.8. The molecule has 2 aromatic heterocycles. The van der Waals surface area contributed by atoms with Gasteiger partial charge in [-0.3, -0.25) is 0 Å². The van der Waals surface area contributed by atoms with Crippen molar-refractivity contribution in [2.45, 2.75) is 44.4 Å². The van der Waals surface area contributed by atoms with Gasteiger partial charge in [-0.15, -0.1) is 0 Å². The van der Waals surface area contributed by atoms with E-state index in [0.717, 1.165) is 40.9 Å². The Bertz CT molecular complexity index is 568. The molecule has 0 spiro atoms. The van der Waals surface area contributed by atoms with Gasteiger partial charge in [-0.1, -0.05) is 6.92 Å². The molecule has 2 aromatic rings. The first kappa shape index (κ1) is 13.9. The second kappa shape index (κ2) is 6.06. The molecule has 2 rings (SSSR count). The summed E-state index contributed by atoms with van der Waals surface area (Å²) in [5.41, 5.74) is 1.90. The van der Waals surface area contributed by atoms with Gasteiger partial charge in [0.15, 0.2) is 0 Å². The smallest absolute Gasteiger partial charge is 0.262 e. The van der Waals surface area contributed by atoms with E-state index >= 15 is 0 Å². The summed E-state index contributed by atoms with van der Waals surface area (Å²) in [5, 5.41) is 4.81. The van der Waals surface area contributed by atoms with Gasteiger partial charge in [0.1, 0.15) is 22.9 Å². The van der Waals surface area contributed by atoms with E-state index in [4.69, 9.17) is 4.42 Å². The minimum absolute atomic E-state index is 0.611. The van der Waals surface area contributed by atoms with Crippen molar-refractivity contribution >= 4 is 17.6 Å². The quantitative estimate of drug-likeness (QED) is 0.846. The van der Waals surface area contributed by atoms with Crippen molar-refractivity contribution in [3.05, 3.63) is 23.3 Å². The van der Waals surface area contributed by atoms with Crippen molar-refractivity contribution in [3.63, 3.8) is 0 Å². The SMILES string of the molecule is CCCNc1nc(C)nc(Sc2nc(C)co2)c1C. The van der Waals surface area contributed by atoms with Gasteiger partial charge in [-0.2, -0.15) is 0 Å². The average molecular weight is 278 g/mol. The van der Waals surface area contributed by atoms with Crippen LogP contribution in [-0.2, 0) is 0 Å². The van der Waals surface area contributed by atoms with Crippen LogP contribution in [0.1, 0.15) is 30.4 Å². The monoisotopic (exact) mass is 278 g/mol. The molecule has 0 saturated carbocycles. The molecule has 5 nitrogen and oxygen atoms in total. The van der Waals surface area contributed by atoms with E-state index in [0.29, 0.717) is 5.22 Å². The van der Waals surface area contributed by atoms with Gasteiger partial charge in [-0.25, -0.2) is 15.0 Å². The highest BCUT2D eigenvalue weighted by molar-refractivity contribution is 7.99. The van der Waals surface area contributed by atoms with Gasteiger partial charge in [0, 0.05) is 12.1 Å². The summed E-state index contributed by atoms with van der Waals surface area (Å²) in [7, 11) is 0. The molecular formula is C13H18N4OS. The number of anilines is 1. The standard InChI is InChI=1S/C13H18N4OS/c1-5-6-14-11-9(3)12(17-10(4)16-11)19-13-15-8(2)7-18-13/h7H,5-6H2,1-4H3,(H,14,16,17). The Labute approximate surface area is 117 Å². The predicted molar refractivity (Wildman–Crippen MR) is 75.6 cm³/mol. The topological polar surface area (TPSA) is 63.8 Å². The summed E-state index contributed by atoms with van der Waals surface area (Å²) >= 11 is 1.43. The molecule has 0 aliphatic rings. The highest BCUT2D eigenvalue weighted by Crippen LogP contribution is 2.30. The number of aromatic nitrogens is 3. The van der Waals surface area contributed by atoms with Crippen molar-refractivity contribution < 1.29 is 4.42 Å². The lowest BCUT2D eigenvalue weighted by molar-refractivity contribution is 0.453. The maximum absolute atomic E-state index is 5.36. The molecule has 6 heteroatoms. The fraction of sp³-hybridized carbons (Fsp3) is 0.462. The first-order valence-electron chi connectivity index (χ1n) is 6.29. The Hall–Kier alpha value is -1.56. The van der Waals surface area contributed by atoms with E-state index in [2.05, 4.69) is 27.2 Å². The van der Waals surface area contributed by atoms with Crippen molar-refractivity contribution in [2.24, 2.45) is 0 Å². The van der Waals surface area contributed by atoms with Crippen molar-refractivity contribution in [2.75, 3.05) is 11.9 Å². The molecule has 0 unspecified atom stereocenters. The van der Waals surface area contributed by atoms with E-state index in [1.807, 2.05) is 20.8 Å². The molecule has 2 heterocycles. The molecule has 0 aliphatic carbocycles. The van der Waals surface area contributed by atoms with Crippen LogP contribution in [0.15, 0.2) is 20.9 Å². The van der Waals surface area contributed by atoms with Crippen LogP contribution >= 0.6 is 11.8 Å². The molecule has 1 N–H and O–H groups in total. The van der Waals surface area contributed by atoms with Crippen LogP contribution in [0.5, 0.6) is 0 Å². The van der Waals surface area contributed by atoms with Gasteiger partial charge in [-0.05, 0) is 39.0 Å². The largest absolute Gasteiger partial charge is 0.439 e. The highest BCUT2D eigenvalue weighted by Gasteiger charge is 2.13. The first-order valence-corrected chi connectivity index (χ1v) is 7.11. The number of nitrogens with zero attached hydrogens (tertiary/aromatic N) is 3. The average Bonchev–Trinajstić information content (AvgIpc) is 2.77. The maximum Gasteiger partial charge on any atom is 0.262 e. The number of hydrogen-bond acceptors (Lipinski definition) is 6. The van der Waals surface area contributed by atoms with Crippen LogP contribution in [0.3, 0.4) is 0 Å². The van der Waals surface area contributed by atoms with Gasteiger partial charge in [0.05, 0.1) is 5.69 Å². The number of aryl methyl sites for hydroxylation is 2. The third kappa shape index (κ3) is 3.47. The Morgan fingerprint density at radius 2 is 2.00 bits per heavy atom. The summed E-state index contributed by atoms with van der Waals surface area (Å²) in [6, 6.07) is 0. The summed E-state index contributed by atoms with van der Waals surface area (Å²) in [4.78, 5) is 13.2. The Kier molecular flexibility index (Phi) is 4.42. The molecule has 0 amide bonds. The van der Waals surface area contributed by atoms with E-state index in [1.54, 1.807) is 6.26 Å². The van der Waals surface area contributed by atoms with Gasteiger partial charge >= 0.3 is 0 Å². The molecule has 102 valence electrons. The second-order valence-corrected chi connectivity index (χ2v) is 5.27. The Balaban J connectivity index is 2.26. The molecule has 0 atom stereocenters. The normalized spacial score (nSPS) is 10.7. The molecule has 0 fully saturated rings. The number of oxazole rings is 1. The van der Waals surface area contributed by atoms with E-state index < -0.39 is 0 Å².